The van der Waals surface area contributed by atoms with Gasteiger partial charge >= 0.3 is 0 Å². The van der Waals surface area contributed by atoms with Gasteiger partial charge in [-0.15, -0.1) is 0 Å². The summed E-state index contributed by atoms with van der Waals surface area (Å²) >= 11 is 0. The molecule has 1 unspecified atom stereocenters. The van der Waals surface area contributed by atoms with E-state index in [0.717, 1.165) is 41.7 Å². The molecule has 4 heterocycles. The zero-order valence-corrected chi connectivity index (χ0v) is 16.1. The van der Waals surface area contributed by atoms with Crippen molar-refractivity contribution in [2.24, 2.45) is 0 Å². The highest BCUT2D eigenvalue weighted by Crippen LogP contribution is 2.28. The Hall–Kier alpha value is -3.53. The first-order valence-corrected chi connectivity index (χ1v) is 9.86. The summed E-state index contributed by atoms with van der Waals surface area (Å²) in [4.78, 5) is 54.6. The van der Waals surface area contributed by atoms with Gasteiger partial charge in [0.2, 0.25) is 17.8 Å². The number of hydrogen-bond acceptors (Lipinski definition) is 7. The molecule has 1 saturated heterocycles. The summed E-state index contributed by atoms with van der Waals surface area (Å²) < 4.78 is 2.11. The fraction of sp³-hybridized carbons (Fsp3) is 0.350. The number of amides is 4. The number of nitrogens with zero attached hydrogens (tertiary/aromatic N) is 3. The van der Waals surface area contributed by atoms with Gasteiger partial charge in [0.1, 0.15) is 6.04 Å². The van der Waals surface area contributed by atoms with Gasteiger partial charge < -0.3 is 15.2 Å². The van der Waals surface area contributed by atoms with Crippen molar-refractivity contribution >= 4 is 29.6 Å². The van der Waals surface area contributed by atoms with E-state index in [-0.39, 0.29) is 24.0 Å². The number of imide groups is 2. The van der Waals surface area contributed by atoms with Crippen LogP contribution in [0.5, 0.6) is 0 Å². The number of fused-ring (bicyclic) bond motifs is 2. The number of anilines is 1. The van der Waals surface area contributed by atoms with Gasteiger partial charge in [0.25, 0.3) is 11.8 Å². The van der Waals surface area contributed by atoms with E-state index in [4.69, 9.17) is 0 Å². The van der Waals surface area contributed by atoms with Crippen LogP contribution in [0, 0.1) is 0 Å². The molecule has 154 valence electrons. The number of rotatable bonds is 4. The highest BCUT2D eigenvalue weighted by Gasteiger charge is 2.44. The average molecular weight is 408 g/mol. The molecule has 1 aromatic heterocycles. The van der Waals surface area contributed by atoms with Crippen molar-refractivity contribution in [3.8, 4) is 0 Å². The van der Waals surface area contributed by atoms with Crippen LogP contribution in [0.25, 0.3) is 0 Å². The Bertz CT molecular complexity index is 1090. The van der Waals surface area contributed by atoms with Crippen molar-refractivity contribution in [3.05, 3.63) is 46.8 Å². The minimum atomic E-state index is -0.957. The third-order valence-corrected chi connectivity index (χ3v) is 5.71. The summed E-state index contributed by atoms with van der Waals surface area (Å²) in [6, 6.07) is 4.12. The van der Waals surface area contributed by atoms with Gasteiger partial charge in [0.15, 0.2) is 0 Å². The van der Waals surface area contributed by atoms with E-state index in [1.807, 2.05) is 6.20 Å². The van der Waals surface area contributed by atoms with Crippen molar-refractivity contribution in [2.75, 3.05) is 11.9 Å². The molecule has 10 nitrogen and oxygen atoms in total. The first-order chi connectivity index (χ1) is 14.5. The van der Waals surface area contributed by atoms with E-state index in [2.05, 4.69) is 25.5 Å². The van der Waals surface area contributed by atoms with E-state index in [1.165, 1.54) is 0 Å². The van der Waals surface area contributed by atoms with Crippen molar-refractivity contribution in [3.63, 3.8) is 0 Å². The lowest BCUT2D eigenvalue weighted by Crippen LogP contribution is -2.54. The number of carbonyl (C=O) groups is 4. The van der Waals surface area contributed by atoms with Crippen molar-refractivity contribution in [2.45, 2.75) is 38.5 Å². The maximum Gasteiger partial charge on any atom is 0.262 e. The molecule has 10 heteroatoms. The van der Waals surface area contributed by atoms with Gasteiger partial charge in [-0.05, 0) is 24.1 Å². The second-order valence-corrected chi connectivity index (χ2v) is 7.58. The minimum absolute atomic E-state index is 0.100. The summed E-state index contributed by atoms with van der Waals surface area (Å²) in [5.74, 6) is -1.24. The van der Waals surface area contributed by atoms with Crippen molar-refractivity contribution in [1.29, 1.82) is 0 Å². The standard InChI is InChI=1S/C20H20N6O4/c27-16-4-3-15(17(28)24-16)26-18(29)13-2-1-11(7-14(13)19(26)30)8-22-20-23-10-12-9-21-5-6-25(12)20/h1-2,7,10,15,21H,3-6,8-9H2,(H,22,23)(H,24,27,28). The lowest BCUT2D eigenvalue weighted by Gasteiger charge is -2.27. The lowest BCUT2D eigenvalue weighted by molar-refractivity contribution is -0.136. The molecular weight excluding hydrogens is 388 g/mol. The number of benzene rings is 1. The predicted octanol–water partition coefficient (Wildman–Crippen LogP) is -0.000400. The van der Waals surface area contributed by atoms with Crippen LogP contribution in [0.15, 0.2) is 24.4 Å². The normalized spacial score (nSPS) is 20.8. The van der Waals surface area contributed by atoms with E-state index in [1.54, 1.807) is 18.2 Å². The fourth-order valence-corrected chi connectivity index (χ4v) is 4.16. The van der Waals surface area contributed by atoms with Gasteiger partial charge in [-0.25, -0.2) is 4.98 Å². The van der Waals surface area contributed by atoms with Crippen molar-refractivity contribution < 1.29 is 19.2 Å². The molecule has 0 saturated carbocycles. The van der Waals surface area contributed by atoms with E-state index in [0.29, 0.717) is 6.54 Å². The second kappa shape index (κ2) is 7.06. The number of aromatic nitrogens is 2. The van der Waals surface area contributed by atoms with Gasteiger partial charge in [-0.1, -0.05) is 6.07 Å². The van der Waals surface area contributed by atoms with Crippen LogP contribution in [-0.4, -0.2) is 50.7 Å². The maximum atomic E-state index is 12.9. The third-order valence-electron chi connectivity index (χ3n) is 5.71. The van der Waals surface area contributed by atoms with Crippen LogP contribution >= 0.6 is 0 Å². The predicted molar refractivity (Wildman–Crippen MR) is 104 cm³/mol. The Morgan fingerprint density at radius 3 is 2.80 bits per heavy atom. The van der Waals surface area contributed by atoms with Gasteiger partial charge in [0, 0.05) is 32.6 Å². The Kier molecular flexibility index (Phi) is 4.35. The molecule has 0 radical (unpaired) electrons. The fourth-order valence-electron chi connectivity index (χ4n) is 4.16. The minimum Gasteiger partial charge on any atom is -0.352 e. The topological polar surface area (TPSA) is 125 Å². The van der Waals surface area contributed by atoms with Gasteiger partial charge in [-0.3, -0.25) is 29.4 Å². The van der Waals surface area contributed by atoms with Gasteiger partial charge in [-0.2, -0.15) is 0 Å². The SMILES string of the molecule is O=C1CCC(N2C(=O)c3ccc(CNc4ncc5n4CCNC5)cc3C2=O)C(=O)N1. The molecule has 30 heavy (non-hydrogen) atoms. The van der Waals surface area contributed by atoms with E-state index < -0.39 is 29.7 Å². The Balaban J connectivity index is 1.34. The molecule has 5 rings (SSSR count). The molecule has 3 aliphatic heterocycles. The third kappa shape index (κ3) is 2.96. The summed E-state index contributed by atoms with van der Waals surface area (Å²) in [6.45, 7) is 2.93. The van der Waals surface area contributed by atoms with Crippen LogP contribution in [-0.2, 0) is 29.2 Å². The molecule has 2 aromatic rings. The molecule has 0 aliphatic carbocycles. The quantitative estimate of drug-likeness (QED) is 0.608. The molecule has 1 fully saturated rings. The highest BCUT2D eigenvalue weighted by atomic mass is 16.2. The number of piperidine rings is 1. The number of carbonyl (C=O) groups excluding carboxylic acids is 4. The van der Waals surface area contributed by atoms with Crippen LogP contribution < -0.4 is 16.0 Å². The first-order valence-electron chi connectivity index (χ1n) is 9.86. The van der Waals surface area contributed by atoms with E-state index in [9.17, 15) is 19.2 Å². The van der Waals surface area contributed by atoms with Crippen LogP contribution in [0.1, 0.15) is 44.8 Å². The number of nitrogens with one attached hydrogen (secondary N) is 3. The molecule has 4 amide bonds. The molecule has 0 spiro atoms. The number of hydrogen-bond donors (Lipinski definition) is 3. The largest absolute Gasteiger partial charge is 0.352 e. The Morgan fingerprint density at radius 1 is 1.13 bits per heavy atom. The van der Waals surface area contributed by atoms with Crippen LogP contribution in [0.3, 0.4) is 0 Å². The summed E-state index contributed by atoms with van der Waals surface area (Å²) in [6.07, 6.45) is 2.07. The monoisotopic (exact) mass is 408 g/mol. The van der Waals surface area contributed by atoms with Crippen LogP contribution in [0.2, 0.25) is 0 Å². The van der Waals surface area contributed by atoms with Crippen molar-refractivity contribution in [1.82, 2.24) is 25.1 Å². The molecule has 3 N–H and O–H groups in total. The zero-order valence-electron chi connectivity index (χ0n) is 16.1. The summed E-state index contributed by atoms with van der Waals surface area (Å²) in [5.41, 5.74) is 2.49. The highest BCUT2D eigenvalue weighted by molar-refractivity contribution is 6.23. The summed E-state index contributed by atoms with van der Waals surface area (Å²) in [5, 5.41) is 8.78. The second-order valence-electron chi connectivity index (χ2n) is 7.58. The Labute approximate surface area is 171 Å². The van der Waals surface area contributed by atoms with Crippen LogP contribution in [0.4, 0.5) is 5.95 Å². The Morgan fingerprint density at radius 2 is 1.97 bits per heavy atom. The lowest BCUT2D eigenvalue weighted by atomic mass is 10.0. The smallest absolute Gasteiger partial charge is 0.262 e. The molecule has 1 atom stereocenters. The number of imidazole rings is 1. The average Bonchev–Trinajstić information content (AvgIpc) is 3.26. The molecular formula is C20H20N6O4. The molecule has 1 aromatic carbocycles. The maximum absolute atomic E-state index is 12.9. The summed E-state index contributed by atoms with van der Waals surface area (Å²) in [7, 11) is 0. The first kappa shape index (κ1) is 18.5. The van der Waals surface area contributed by atoms with E-state index >= 15 is 0 Å². The molecule has 3 aliphatic rings. The zero-order chi connectivity index (χ0) is 20.8. The molecule has 0 bridgehead atoms. The van der Waals surface area contributed by atoms with Gasteiger partial charge in [0.05, 0.1) is 23.0 Å².